The van der Waals surface area contributed by atoms with Gasteiger partial charge in [-0.25, -0.2) is 9.59 Å². The minimum absolute atomic E-state index is 0.379. The van der Waals surface area contributed by atoms with Crippen molar-refractivity contribution in [2.75, 3.05) is 13.7 Å². The van der Waals surface area contributed by atoms with Crippen LogP contribution in [0.4, 0.5) is 0 Å². The zero-order valence-corrected chi connectivity index (χ0v) is 13.3. The molecule has 1 aliphatic rings. The molecule has 5 nitrogen and oxygen atoms in total. The second-order valence-corrected chi connectivity index (χ2v) is 5.93. The summed E-state index contributed by atoms with van der Waals surface area (Å²) in [5.74, 6) is -0.559. The second-order valence-electron chi connectivity index (χ2n) is 5.93. The fourth-order valence-corrected chi connectivity index (χ4v) is 3.05. The van der Waals surface area contributed by atoms with Crippen LogP contribution in [0.3, 0.4) is 0 Å². The van der Waals surface area contributed by atoms with E-state index in [9.17, 15) is 9.59 Å². The maximum Gasteiger partial charge on any atom is 0.344 e. The van der Waals surface area contributed by atoms with Crippen LogP contribution in [0.5, 0.6) is 0 Å². The lowest BCUT2D eigenvalue weighted by atomic mass is 9.84. The van der Waals surface area contributed by atoms with Crippen molar-refractivity contribution >= 4 is 22.8 Å². The van der Waals surface area contributed by atoms with Crippen LogP contribution in [-0.2, 0) is 27.1 Å². The lowest BCUT2D eigenvalue weighted by molar-refractivity contribution is -0.144. The van der Waals surface area contributed by atoms with Crippen molar-refractivity contribution in [2.24, 2.45) is 5.92 Å². The first kappa shape index (κ1) is 15.5. The molecule has 0 saturated carbocycles. The Labute approximate surface area is 134 Å². The summed E-state index contributed by atoms with van der Waals surface area (Å²) in [5, 5.41) is 0.773. The number of nitrogens with zero attached hydrogens (tertiary/aromatic N) is 1. The van der Waals surface area contributed by atoms with Crippen molar-refractivity contribution < 1.29 is 19.1 Å². The van der Waals surface area contributed by atoms with Gasteiger partial charge in [-0.15, -0.1) is 0 Å². The first-order valence-electron chi connectivity index (χ1n) is 7.74. The highest BCUT2D eigenvalue weighted by atomic mass is 16.6. The maximum absolute atomic E-state index is 12.6. The molecule has 1 aromatic carbocycles. The van der Waals surface area contributed by atoms with Crippen LogP contribution in [0.25, 0.3) is 10.9 Å². The quantitative estimate of drug-likeness (QED) is 0.815. The number of benzene rings is 1. The molecule has 3 rings (SSSR count). The van der Waals surface area contributed by atoms with E-state index in [1.807, 2.05) is 24.3 Å². The van der Waals surface area contributed by atoms with Crippen molar-refractivity contribution in [2.45, 2.75) is 26.2 Å². The van der Waals surface area contributed by atoms with Crippen molar-refractivity contribution in [3.8, 4) is 0 Å². The minimum atomic E-state index is -0.570. The van der Waals surface area contributed by atoms with Crippen LogP contribution >= 0.6 is 0 Å². The average Bonchev–Trinajstić information content (AvgIpc) is 2.57. The van der Waals surface area contributed by atoms with E-state index in [0.29, 0.717) is 11.5 Å². The van der Waals surface area contributed by atoms with Gasteiger partial charge in [-0.2, -0.15) is 0 Å². The number of esters is 2. The molecule has 1 aliphatic carbocycles. The van der Waals surface area contributed by atoms with Crippen LogP contribution in [0.1, 0.15) is 35.0 Å². The number of methoxy groups -OCH3 is 1. The highest BCUT2D eigenvalue weighted by molar-refractivity contribution is 6.05. The molecule has 0 saturated heterocycles. The molecule has 0 fully saturated rings. The van der Waals surface area contributed by atoms with E-state index in [1.165, 1.54) is 7.11 Å². The van der Waals surface area contributed by atoms with Gasteiger partial charge in [0.05, 0.1) is 18.2 Å². The number of aryl methyl sites for hydroxylation is 1. The van der Waals surface area contributed by atoms with Gasteiger partial charge in [0.25, 0.3) is 0 Å². The van der Waals surface area contributed by atoms with Crippen molar-refractivity contribution in [3.05, 3.63) is 41.1 Å². The number of para-hydroxylation sites is 1. The standard InChI is InChI=1S/C18H19NO4/c1-11-7-8-15-13(9-11)17(18(21)23-10-16(20)22-2)12-5-3-4-6-14(12)19-15/h3-6,11H,7-10H2,1-2H3. The molecule has 0 radical (unpaired) electrons. The molecular formula is C18H19NO4. The van der Waals surface area contributed by atoms with Gasteiger partial charge in [-0.05, 0) is 36.8 Å². The highest BCUT2D eigenvalue weighted by Crippen LogP contribution is 2.31. The number of aromatic nitrogens is 1. The van der Waals surface area contributed by atoms with Crippen molar-refractivity contribution in [3.63, 3.8) is 0 Å². The Morgan fingerprint density at radius 1 is 1.30 bits per heavy atom. The Hall–Kier alpha value is -2.43. The summed E-state index contributed by atoms with van der Waals surface area (Å²) in [4.78, 5) is 28.5. The van der Waals surface area contributed by atoms with Crippen LogP contribution in [0.2, 0.25) is 0 Å². The summed E-state index contributed by atoms with van der Waals surface area (Å²) < 4.78 is 9.67. The van der Waals surface area contributed by atoms with E-state index in [-0.39, 0.29) is 6.61 Å². The fourth-order valence-electron chi connectivity index (χ4n) is 3.05. The predicted molar refractivity (Wildman–Crippen MR) is 85.2 cm³/mol. The van der Waals surface area contributed by atoms with Gasteiger partial charge in [0.1, 0.15) is 0 Å². The van der Waals surface area contributed by atoms with Gasteiger partial charge in [-0.3, -0.25) is 4.98 Å². The van der Waals surface area contributed by atoms with Gasteiger partial charge < -0.3 is 9.47 Å². The molecule has 0 spiro atoms. The Morgan fingerprint density at radius 3 is 2.87 bits per heavy atom. The van der Waals surface area contributed by atoms with Gasteiger partial charge in [0, 0.05) is 11.1 Å². The lowest BCUT2D eigenvalue weighted by Gasteiger charge is -2.24. The molecule has 5 heteroatoms. The number of hydrogen-bond donors (Lipinski definition) is 0. The molecule has 2 aromatic rings. The predicted octanol–water partition coefficient (Wildman–Crippen LogP) is 2.69. The van der Waals surface area contributed by atoms with E-state index in [4.69, 9.17) is 9.72 Å². The summed E-state index contributed by atoms with van der Waals surface area (Å²) in [6.45, 7) is 1.79. The fraction of sp³-hybridized carbons (Fsp3) is 0.389. The van der Waals surface area contributed by atoms with Crippen LogP contribution in [0, 0.1) is 5.92 Å². The average molecular weight is 313 g/mol. The van der Waals surface area contributed by atoms with Crippen molar-refractivity contribution in [1.29, 1.82) is 0 Å². The smallest absolute Gasteiger partial charge is 0.344 e. The molecule has 0 N–H and O–H groups in total. The largest absolute Gasteiger partial charge is 0.466 e. The number of fused-ring (bicyclic) bond motifs is 2. The Morgan fingerprint density at radius 2 is 2.09 bits per heavy atom. The SMILES string of the molecule is COC(=O)COC(=O)c1c2c(nc3ccccc13)CCC(C)C2. The molecule has 1 atom stereocenters. The van der Waals surface area contributed by atoms with Crippen LogP contribution < -0.4 is 0 Å². The number of ether oxygens (including phenoxy) is 2. The van der Waals surface area contributed by atoms with E-state index in [2.05, 4.69) is 11.7 Å². The van der Waals surface area contributed by atoms with E-state index in [0.717, 1.165) is 41.4 Å². The number of carbonyl (C=O) groups is 2. The normalized spacial score (nSPS) is 16.7. The molecule has 0 bridgehead atoms. The first-order valence-corrected chi connectivity index (χ1v) is 7.74. The van der Waals surface area contributed by atoms with Crippen LogP contribution in [-0.4, -0.2) is 30.6 Å². The van der Waals surface area contributed by atoms with Gasteiger partial charge >= 0.3 is 11.9 Å². The van der Waals surface area contributed by atoms with E-state index < -0.39 is 11.9 Å². The first-order chi connectivity index (χ1) is 11.1. The van der Waals surface area contributed by atoms with Crippen LogP contribution in [0.15, 0.2) is 24.3 Å². The molecule has 1 unspecified atom stereocenters. The topological polar surface area (TPSA) is 65.5 Å². The molecule has 1 aromatic heterocycles. The van der Waals surface area contributed by atoms with Crippen molar-refractivity contribution in [1.82, 2.24) is 4.98 Å². The zero-order valence-electron chi connectivity index (χ0n) is 13.3. The molecule has 0 aliphatic heterocycles. The Bertz CT molecular complexity index is 769. The van der Waals surface area contributed by atoms with Gasteiger partial charge in [0.15, 0.2) is 6.61 Å². The molecule has 1 heterocycles. The number of pyridine rings is 1. The Kier molecular flexibility index (Phi) is 4.28. The molecular weight excluding hydrogens is 294 g/mol. The van der Waals surface area contributed by atoms with Gasteiger partial charge in [0.2, 0.25) is 0 Å². The molecule has 23 heavy (non-hydrogen) atoms. The van der Waals surface area contributed by atoms with E-state index in [1.54, 1.807) is 0 Å². The minimum Gasteiger partial charge on any atom is -0.466 e. The second kappa shape index (κ2) is 6.36. The summed E-state index contributed by atoms with van der Waals surface area (Å²) in [6, 6.07) is 7.54. The summed E-state index contributed by atoms with van der Waals surface area (Å²) in [6.07, 6.45) is 2.73. The number of carbonyl (C=O) groups excluding carboxylic acids is 2. The maximum atomic E-state index is 12.6. The number of hydrogen-bond acceptors (Lipinski definition) is 5. The third kappa shape index (κ3) is 3.04. The third-order valence-electron chi connectivity index (χ3n) is 4.26. The monoisotopic (exact) mass is 313 g/mol. The molecule has 0 amide bonds. The lowest BCUT2D eigenvalue weighted by Crippen LogP contribution is -2.21. The summed E-state index contributed by atoms with van der Waals surface area (Å²) >= 11 is 0. The summed E-state index contributed by atoms with van der Waals surface area (Å²) in [5.41, 5.74) is 3.25. The molecule has 120 valence electrons. The van der Waals surface area contributed by atoms with E-state index >= 15 is 0 Å². The third-order valence-corrected chi connectivity index (χ3v) is 4.26. The summed E-state index contributed by atoms with van der Waals surface area (Å²) in [7, 11) is 1.27. The number of rotatable bonds is 3. The zero-order chi connectivity index (χ0) is 16.4. The Balaban J connectivity index is 2.07. The van der Waals surface area contributed by atoms with Gasteiger partial charge in [-0.1, -0.05) is 25.1 Å². The highest BCUT2D eigenvalue weighted by Gasteiger charge is 2.26.